The van der Waals surface area contributed by atoms with Gasteiger partial charge < -0.3 is 0 Å². The van der Waals surface area contributed by atoms with Crippen LogP contribution in [0, 0.1) is 17.8 Å². The fraction of sp³-hybridized carbons (Fsp3) is 0.500. The lowest BCUT2D eigenvalue weighted by Crippen LogP contribution is -2.47. The maximum atomic E-state index is 4.95. The molecule has 0 atom stereocenters. The SMILES string of the molecule is BC(B)(c1cnc(-c2ccccc2C)cc1C(B)(B)C(C)(C)C)C(C)(C)C. The molecule has 1 heterocycles. The van der Waals surface area contributed by atoms with Crippen molar-refractivity contribution >= 4 is 31.4 Å². The van der Waals surface area contributed by atoms with Crippen molar-refractivity contribution in [3.05, 3.63) is 53.2 Å². The molecule has 0 N–H and O–H groups in total. The Morgan fingerprint density at radius 1 is 0.741 bits per heavy atom. The number of aromatic nitrogens is 1. The van der Waals surface area contributed by atoms with Crippen LogP contribution in [-0.2, 0) is 10.4 Å². The first-order valence-electron chi connectivity index (χ1n) is 10.2. The van der Waals surface area contributed by atoms with Gasteiger partial charge in [-0.2, -0.15) is 0 Å². The van der Waals surface area contributed by atoms with E-state index in [1.54, 1.807) is 0 Å². The van der Waals surface area contributed by atoms with Gasteiger partial charge in [0.1, 0.15) is 31.4 Å². The van der Waals surface area contributed by atoms with Crippen molar-refractivity contribution in [2.45, 2.75) is 58.9 Å². The molecule has 0 aliphatic rings. The standard InChI is InChI=1S/C22H35B4N/c1-14-10-8-9-11-15(14)18-12-16(21(23,24)19(2,3)4)17(13-27-18)22(25,26)20(5,6)7/h8-13H,23-26H2,1-7H3. The van der Waals surface area contributed by atoms with Gasteiger partial charge >= 0.3 is 0 Å². The summed E-state index contributed by atoms with van der Waals surface area (Å²) >= 11 is 0. The summed E-state index contributed by atoms with van der Waals surface area (Å²) in [6.45, 7) is 16.2. The highest BCUT2D eigenvalue weighted by atomic mass is 14.7. The lowest BCUT2D eigenvalue weighted by molar-refractivity contribution is 0.335. The topological polar surface area (TPSA) is 12.9 Å². The van der Waals surface area contributed by atoms with Crippen LogP contribution < -0.4 is 0 Å². The second-order valence-corrected chi connectivity index (χ2v) is 11.2. The molecule has 0 spiro atoms. The van der Waals surface area contributed by atoms with Gasteiger partial charge in [-0.25, -0.2) is 0 Å². The van der Waals surface area contributed by atoms with Gasteiger partial charge in [0.2, 0.25) is 0 Å². The highest BCUT2D eigenvalue weighted by Gasteiger charge is 2.42. The van der Waals surface area contributed by atoms with Crippen molar-refractivity contribution in [3.63, 3.8) is 0 Å². The van der Waals surface area contributed by atoms with E-state index in [1.165, 1.54) is 22.3 Å². The minimum Gasteiger partial charge on any atom is -0.256 e. The lowest BCUT2D eigenvalue weighted by Gasteiger charge is -2.47. The molecule has 0 unspecified atom stereocenters. The van der Waals surface area contributed by atoms with Gasteiger partial charge in [0, 0.05) is 11.8 Å². The van der Waals surface area contributed by atoms with Crippen molar-refractivity contribution in [1.29, 1.82) is 0 Å². The molecule has 0 saturated carbocycles. The normalized spacial score (nSPS) is 13.6. The van der Waals surface area contributed by atoms with Gasteiger partial charge in [-0.1, -0.05) is 81.8 Å². The van der Waals surface area contributed by atoms with Crippen LogP contribution >= 0.6 is 0 Å². The number of benzene rings is 1. The number of hydrogen-bond acceptors (Lipinski definition) is 1. The molecular weight excluding hydrogens is 321 g/mol. The van der Waals surface area contributed by atoms with Crippen molar-refractivity contribution < 1.29 is 0 Å². The Labute approximate surface area is 170 Å². The molecule has 0 aliphatic carbocycles. The monoisotopic (exact) mass is 357 g/mol. The molecule has 0 amide bonds. The molecule has 0 saturated heterocycles. The molecule has 2 aromatic rings. The van der Waals surface area contributed by atoms with E-state index in [4.69, 9.17) is 4.98 Å². The zero-order valence-electron chi connectivity index (χ0n) is 19.4. The third-order valence-electron chi connectivity index (χ3n) is 7.42. The van der Waals surface area contributed by atoms with Crippen molar-refractivity contribution in [3.8, 4) is 11.3 Å². The summed E-state index contributed by atoms with van der Waals surface area (Å²) in [5.74, 6) is 0. The molecule has 0 fully saturated rings. The summed E-state index contributed by atoms with van der Waals surface area (Å²) < 4.78 is 0. The summed E-state index contributed by atoms with van der Waals surface area (Å²) in [5.41, 5.74) is 6.64. The first-order chi connectivity index (χ1) is 12.1. The van der Waals surface area contributed by atoms with E-state index in [-0.39, 0.29) is 21.3 Å². The van der Waals surface area contributed by atoms with Gasteiger partial charge in [-0.15, -0.1) is 0 Å². The maximum Gasteiger partial charge on any atom is 0.105 e. The minimum atomic E-state index is 0.0160. The molecule has 5 heteroatoms. The Morgan fingerprint density at radius 3 is 1.70 bits per heavy atom. The van der Waals surface area contributed by atoms with E-state index in [2.05, 4.69) is 116 Å². The fourth-order valence-corrected chi connectivity index (χ4v) is 3.29. The maximum absolute atomic E-state index is 4.95. The fourth-order valence-electron chi connectivity index (χ4n) is 3.29. The van der Waals surface area contributed by atoms with Gasteiger partial charge in [-0.05, 0) is 34.9 Å². The van der Waals surface area contributed by atoms with E-state index in [0.717, 1.165) is 5.69 Å². The first-order valence-corrected chi connectivity index (χ1v) is 10.2. The smallest absolute Gasteiger partial charge is 0.105 e. The predicted molar refractivity (Wildman–Crippen MR) is 131 cm³/mol. The Morgan fingerprint density at radius 2 is 1.22 bits per heavy atom. The van der Waals surface area contributed by atoms with Crippen LogP contribution in [0.4, 0.5) is 0 Å². The van der Waals surface area contributed by atoms with Gasteiger partial charge in [-0.3, -0.25) is 4.98 Å². The molecule has 0 radical (unpaired) electrons. The molecular formula is C22H35B4N. The van der Waals surface area contributed by atoms with Crippen LogP contribution in [0.25, 0.3) is 11.3 Å². The van der Waals surface area contributed by atoms with E-state index in [1.807, 2.05) is 0 Å². The third-order valence-corrected chi connectivity index (χ3v) is 7.42. The second kappa shape index (κ2) is 6.90. The van der Waals surface area contributed by atoms with Crippen LogP contribution in [0.15, 0.2) is 36.5 Å². The molecule has 0 bridgehead atoms. The molecule has 0 aliphatic heterocycles. The number of rotatable bonds is 3. The summed E-state index contributed by atoms with van der Waals surface area (Å²) in [4.78, 5) is 4.95. The zero-order valence-corrected chi connectivity index (χ0v) is 19.4. The third kappa shape index (κ3) is 3.93. The van der Waals surface area contributed by atoms with Crippen LogP contribution in [0.2, 0.25) is 0 Å². The van der Waals surface area contributed by atoms with Crippen LogP contribution in [0.5, 0.6) is 0 Å². The van der Waals surface area contributed by atoms with Gasteiger partial charge in [0.25, 0.3) is 0 Å². The molecule has 27 heavy (non-hydrogen) atoms. The Balaban J connectivity index is 2.83. The van der Waals surface area contributed by atoms with E-state index < -0.39 is 0 Å². The molecule has 140 valence electrons. The summed E-state index contributed by atoms with van der Waals surface area (Å²) in [6, 6.07) is 10.9. The Bertz CT molecular complexity index is 827. The average molecular weight is 357 g/mol. The summed E-state index contributed by atoms with van der Waals surface area (Å²) in [5, 5.41) is 0.0351. The lowest BCUT2D eigenvalue weighted by atomic mass is 9.35. The average Bonchev–Trinajstić information content (AvgIpc) is 2.52. The second-order valence-electron chi connectivity index (χ2n) is 11.2. The van der Waals surface area contributed by atoms with Crippen LogP contribution in [0.3, 0.4) is 0 Å². The minimum absolute atomic E-state index is 0.0160. The summed E-state index contributed by atoms with van der Waals surface area (Å²) in [6.07, 6.45) is 2.15. The van der Waals surface area contributed by atoms with E-state index in [0.29, 0.717) is 0 Å². The van der Waals surface area contributed by atoms with Crippen molar-refractivity contribution in [2.75, 3.05) is 0 Å². The number of nitrogens with zero attached hydrogens (tertiary/aromatic N) is 1. The van der Waals surface area contributed by atoms with E-state index in [9.17, 15) is 0 Å². The number of hydrogen-bond donors (Lipinski definition) is 0. The largest absolute Gasteiger partial charge is 0.256 e. The van der Waals surface area contributed by atoms with Gasteiger partial charge in [0.15, 0.2) is 0 Å². The number of pyridine rings is 1. The molecule has 1 nitrogen and oxygen atoms in total. The molecule has 2 rings (SSSR count). The zero-order chi connectivity index (χ0) is 20.8. The van der Waals surface area contributed by atoms with Crippen LogP contribution in [-0.4, -0.2) is 36.4 Å². The highest BCUT2D eigenvalue weighted by Crippen LogP contribution is 2.45. The summed E-state index contributed by atoms with van der Waals surface area (Å²) in [7, 11) is 9.48. The van der Waals surface area contributed by atoms with Crippen LogP contribution in [0.1, 0.15) is 58.2 Å². The highest BCUT2D eigenvalue weighted by molar-refractivity contribution is 6.43. The van der Waals surface area contributed by atoms with Crippen molar-refractivity contribution in [2.24, 2.45) is 10.8 Å². The molecule has 1 aromatic carbocycles. The quantitative estimate of drug-likeness (QED) is 0.767. The Kier molecular flexibility index (Phi) is 5.61. The number of aryl methyl sites for hydroxylation is 1. The first kappa shape index (κ1) is 21.9. The van der Waals surface area contributed by atoms with E-state index >= 15 is 0 Å². The predicted octanol–water partition coefficient (Wildman–Crippen LogP) is 1.99. The van der Waals surface area contributed by atoms with Gasteiger partial charge in [0.05, 0.1) is 5.69 Å². The van der Waals surface area contributed by atoms with Crippen molar-refractivity contribution in [1.82, 2.24) is 4.98 Å². The Hall–Kier alpha value is -1.37. The molecule has 1 aromatic heterocycles.